The van der Waals surface area contributed by atoms with Gasteiger partial charge in [0.25, 0.3) is 0 Å². The quantitative estimate of drug-likeness (QED) is 0.292. The van der Waals surface area contributed by atoms with E-state index in [1.165, 1.54) is 12.1 Å². The van der Waals surface area contributed by atoms with E-state index in [2.05, 4.69) is 6.58 Å². The summed E-state index contributed by atoms with van der Waals surface area (Å²) in [6.07, 6.45) is 0. The number of hydrogen-bond donors (Lipinski definition) is 2. The van der Waals surface area contributed by atoms with Crippen LogP contribution in [-0.2, 0) is 0 Å². The monoisotopic (exact) mass is 390 g/mol. The summed E-state index contributed by atoms with van der Waals surface area (Å²) >= 11 is 6.02. The largest absolute Gasteiger partial charge is 0.507 e. The fraction of sp³-hybridized carbons (Fsp3) is 0.0435. The molecule has 1 aliphatic rings. The van der Waals surface area contributed by atoms with Crippen LogP contribution in [0.25, 0.3) is 0 Å². The van der Waals surface area contributed by atoms with Crippen molar-refractivity contribution in [3.8, 4) is 5.75 Å². The third kappa shape index (κ3) is 2.70. The summed E-state index contributed by atoms with van der Waals surface area (Å²) in [5.74, 6) is -2.37. The fourth-order valence-electron chi connectivity index (χ4n) is 3.76. The molecule has 1 atom stereocenters. The van der Waals surface area contributed by atoms with Crippen molar-refractivity contribution in [3.05, 3.63) is 111 Å². The molecule has 0 aliphatic heterocycles. The Morgan fingerprint density at radius 1 is 0.929 bits per heavy atom. The average Bonchev–Trinajstić information content (AvgIpc) is 2.68. The Balaban J connectivity index is 2.06. The molecule has 0 bridgehead atoms. The Hall–Kier alpha value is -3.37. The molecule has 0 fully saturated rings. The number of carbonyl (C=O) groups is 2. The molecule has 0 aromatic heterocycles. The van der Waals surface area contributed by atoms with Crippen LogP contribution >= 0.6 is 11.6 Å². The summed E-state index contributed by atoms with van der Waals surface area (Å²) in [4.78, 5) is 25.7. The highest BCUT2D eigenvalue weighted by atomic mass is 35.5. The van der Waals surface area contributed by atoms with Gasteiger partial charge in [0.15, 0.2) is 11.5 Å². The summed E-state index contributed by atoms with van der Waals surface area (Å²) in [5.41, 5.74) is 2.50. The molecule has 28 heavy (non-hydrogen) atoms. The van der Waals surface area contributed by atoms with Crippen molar-refractivity contribution in [1.82, 2.24) is 0 Å². The standard InChI is InChI=1S/C23H15ClO4/c1-12(25)22(27)17-6-2-4-15-19(13-8-10-14(24)11-9-13)16-5-3-7-18(26)21(16)23(28)20(15)17/h2-11,19,25-26H,1H2. The maximum atomic E-state index is 13.3. The molecule has 3 aromatic carbocycles. The molecule has 1 unspecified atom stereocenters. The first-order valence-corrected chi connectivity index (χ1v) is 8.95. The van der Waals surface area contributed by atoms with Crippen molar-refractivity contribution in [3.63, 3.8) is 0 Å². The molecule has 0 saturated carbocycles. The van der Waals surface area contributed by atoms with Crippen LogP contribution in [0, 0.1) is 0 Å². The molecule has 5 heteroatoms. The van der Waals surface area contributed by atoms with E-state index in [-0.39, 0.29) is 28.4 Å². The number of rotatable bonds is 3. The Kier molecular flexibility index (Phi) is 4.28. The maximum Gasteiger partial charge on any atom is 0.227 e. The zero-order valence-corrected chi connectivity index (χ0v) is 15.4. The molecular weight excluding hydrogens is 376 g/mol. The molecule has 0 heterocycles. The number of phenolic OH excluding ortho intramolecular Hbond substituents is 1. The lowest BCUT2D eigenvalue weighted by molar-refractivity contribution is 0.0963. The number of Topliss-reactive ketones (excluding diaryl/α,β-unsaturated/α-hetero) is 1. The molecule has 0 saturated heterocycles. The summed E-state index contributed by atoms with van der Waals surface area (Å²) in [7, 11) is 0. The van der Waals surface area contributed by atoms with Crippen LogP contribution in [0.5, 0.6) is 5.75 Å². The van der Waals surface area contributed by atoms with E-state index in [4.69, 9.17) is 11.6 Å². The number of phenols is 1. The van der Waals surface area contributed by atoms with Crippen molar-refractivity contribution < 1.29 is 19.8 Å². The smallest absolute Gasteiger partial charge is 0.227 e. The minimum absolute atomic E-state index is 0.0582. The van der Waals surface area contributed by atoms with Gasteiger partial charge >= 0.3 is 0 Å². The molecule has 0 spiro atoms. The second-order valence-electron chi connectivity index (χ2n) is 6.60. The summed E-state index contributed by atoms with van der Waals surface area (Å²) in [6.45, 7) is 3.28. The third-order valence-electron chi connectivity index (χ3n) is 4.96. The summed E-state index contributed by atoms with van der Waals surface area (Å²) < 4.78 is 0. The number of ketones is 2. The van der Waals surface area contributed by atoms with E-state index >= 15 is 0 Å². The number of fused-ring (bicyclic) bond motifs is 2. The van der Waals surface area contributed by atoms with E-state index in [1.807, 2.05) is 12.1 Å². The molecule has 0 radical (unpaired) electrons. The average molecular weight is 391 g/mol. The topological polar surface area (TPSA) is 74.6 Å². The molecule has 4 nitrogen and oxygen atoms in total. The lowest BCUT2D eigenvalue weighted by Crippen LogP contribution is -2.24. The van der Waals surface area contributed by atoms with Crippen LogP contribution in [0.1, 0.15) is 48.9 Å². The third-order valence-corrected chi connectivity index (χ3v) is 5.21. The lowest BCUT2D eigenvalue weighted by atomic mass is 9.72. The number of aromatic hydroxyl groups is 1. The zero-order valence-electron chi connectivity index (χ0n) is 14.6. The minimum Gasteiger partial charge on any atom is -0.507 e. The highest BCUT2D eigenvalue weighted by molar-refractivity contribution is 6.30. The molecule has 4 rings (SSSR count). The first kappa shape index (κ1) is 18.0. The molecule has 138 valence electrons. The van der Waals surface area contributed by atoms with Crippen molar-refractivity contribution in [2.75, 3.05) is 0 Å². The second-order valence-corrected chi connectivity index (χ2v) is 7.04. The van der Waals surface area contributed by atoms with Gasteiger partial charge in [-0.1, -0.05) is 60.6 Å². The van der Waals surface area contributed by atoms with Crippen molar-refractivity contribution in [2.45, 2.75) is 5.92 Å². The van der Waals surface area contributed by atoms with E-state index in [9.17, 15) is 19.8 Å². The predicted molar refractivity (Wildman–Crippen MR) is 106 cm³/mol. The molecular formula is C23H15ClO4. The first-order valence-electron chi connectivity index (χ1n) is 8.57. The number of aliphatic hydroxyl groups is 1. The van der Waals surface area contributed by atoms with Gasteiger partial charge in [0.1, 0.15) is 5.75 Å². The van der Waals surface area contributed by atoms with Gasteiger partial charge in [-0.3, -0.25) is 9.59 Å². The van der Waals surface area contributed by atoms with Gasteiger partial charge in [-0.05, 0) is 34.9 Å². The van der Waals surface area contributed by atoms with Crippen molar-refractivity contribution >= 4 is 23.2 Å². The summed E-state index contributed by atoms with van der Waals surface area (Å²) in [5, 5.41) is 20.6. The Morgan fingerprint density at radius 3 is 2.18 bits per heavy atom. The fourth-order valence-corrected chi connectivity index (χ4v) is 3.89. The number of halogens is 1. The van der Waals surface area contributed by atoms with Gasteiger partial charge in [0.2, 0.25) is 5.78 Å². The predicted octanol–water partition coefficient (Wildman–Crippen LogP) is 5.02. The second kappa shape index (κ2) is 6.66. The Bertz CT molecular complexity index is 1150. The highest BCUT2D eigenvalue weighted by Gasteiger charge is 2.36. The number of hydrogen-bond acceptors (Lipinski definition) is 4. The van der Waals surface area contributed by atoms with E-state index in [1.54, 1.807) is 36.4 Å². The molecule has 2 N–H and O–H groups in total. The van der Waals surface area contributed by atoms with E-state index in [0.717, 1.165) is 5.56 Å². The van der Waals surface area contributed by atoms with Gasteiger partial charge in [-0.25, -0.2) is 0 Å². The highest BCUT2D eigenvalue weighted by Crippen LogP contribution is 2.44. The lowest BCUT2D eigenvalue weighted by Gasteiger charge is -2.29. The zero-order chi connectivity index (χ0) is 20.0. The van der Waals surface area contributed by atoms with Crippen LogP contribution < -0.4 is 0 Å². The first-order chi connectivity index (χ1) is 13.4. The van der Waals surface area contributed by atoms with E-state index < -0.39 is 17.3 Å². The number of allylic oxidation sites excluding steroid dienone is 1. The van der Waals surface area contributed by atoms with Crippen LogP contribution in [0.4, 0.5) is 0 Å². The Labute approximate surface area is 166 Å². The van der Waals surface area contributed by atoms with E-state index in [0.29, 0.717) is 16.1 Å². The number of benzene rings is 3. The van der Waals surface area contributed by atoms with Crippen molar-refractivity contribution in [2.24, 2.45) is 0 Å². The van der Waals surface area contributed by atoms with Gasteiger partial charge in [-0.2, -0.15) is 0 Å². The van der Waals surface area contributed by atoms with Crippen LogP contribution in [0.3, 0.4) is 0 Å². The van der Waals surface area contributed by atoms with Crippen LogP contribution in [0.15, 0.2) is 73.0 Å². The van der Waals surface area contributed by atoms with Gasteiger partial charge in [0.05, 0.1) is 5.56 Å². The Morgan fingerprint density at radius 2 is 1.54 bits per heavy atom. The maximum absolute atomic E-state index is 13.3. The molecule has 0 amide bonds. The SMILES string of the molecule is C=C(O)C(=O)c1cccc2c1C(=O)c1c(O)cccc1C2c1ccc(Cl)cc1. The number of carbonyl (C=O) groups excluding carboxylic acids is 2. The van der Waals surface area contributed by atoms with Crippen molar-refractivity contribution in [1.29, 1.82) is 0 Å². The molecule has 1 aliphatic carbocycles. The van der Waals surface area contributed by atoms with Crippen LogP contribution in [0.2, 0.25) is 5.02 Å². The molecule has 3 aromatic rings. The van der Waals surface area contributed by atoms with Gasteiger partial charge in [-0.15, -0.1) is 0 Å². The van der Waals surface area contributed by atoms with Gasteiger partial charge < -0.3 is 10.2 Å². The van der Waals surface area contributed by atoms with Gasteiger partial charge in [0, 0.05) is 22.1 Å². The minimum atomic E-state index is -0.723. The summed E-state index contributed by atoms with van der Waals surface area (Å²) in [6, 6.07) is 17.0. The number of aliphatic hydroxyl groups excluding tert-OH is 1. The van der Waals surface area contributed by atoms with Crippen LogP contribution in [-0.4, -0.2) is 21.8 Å². The normalized spacial score (nSPS) is 14.9.